The van der Waals surface area contributed by atoms with Crippen LogP contribution in [0.4, 0.5) is 5.69 Å². The number of rotatable bonds is 2. The number of anilines is 1. The van der Waals surface area contributed by atoms with Crippen molar-refractivity contribution in [2.75, 3.05) is 5.73 Å². The Morgan fingerprint density at radius 3 is 2.65 bits per heavy atom. The van der Waals surface area contributed by atoms with Crippen LogP contribution in [0.15, 0.2) is 42.5 Å². The first-order valence-corrected chi connectivity index (χ1v) is 6.50. The van der Waals surface area contributed by atoms with Gasteiger partial charge in [0.2, 0.25) is 0 Å². The third-order valence-corrected chi connectivity index (χ3v) is 3.36. The molecular weight excluding hydrogens is 297 g/mol. The fourth-order valence-corrected chi connectivity index (χ4v) is 2.13. The summed E-state index contributed by atoms with van der Waals surface area (Å²) < 4.78 is 1.59. The molecule has 1 aromatic heterocycles. The number of hydrogen-bond donors (Lipinski definition) is 1. The molecule has 20 heavy (non-hydrogen) atoms. The summed E-state index contributed by atoms with van der Waals surface area (Å²) in [5, 5.41) is 12.8. The Morgan fingerprint density at radius 2 is 1.90 bits per heavy atom. The van der Waals surface area contributed by atoms with Gasteiger partial charge in [-0.15, -0.1) is 5.10 Å². The van der Waals surface area contributed by atoms with Crippen LogP contribution in [0, 0.1) is 0 Å². The van der Waals surface area contributed by atoms with E-state index in [0.717, 1.165) is 11.3 Å². The van der Waals surface area contributed by atoms with Gasteiger partial charge in [-0.2, -0.15) is 4.68 Å². The molecular formula is C13H9Cl2N5. The van der Waals surface area contributed by atoms with Crippen LogP contribution in [0.5, 0.6) is 0 Å². The highest BCUT2D eigenvalue weighted by Gasteiger charge is 2.12. The summed E-state index contributed by atoms with van der Waals surface area (Å²) in [6.45, 7) is 0. The molecule has 3 rings (SSSR count). The topological polar surface area (TPSA) is 69.6 Å². The second kappa shape index (κ2) is 5.11. The second-order valence-corrected chi connectivity index (χ2v) is 4.97. The van der Waals surface area contributed by atoms with E-state index in [0.29, 0.717) is 21.6 Å². The van der Waals surface area contributed by atoms with Crippen LogP contribution in [0.2, 0.25) is 10.0 Å². The maximum absolute atomic E-state index is 5.99. The smallest absolute Gasteiger partial charge is 0.187 e. The fourth-order valence-electron chi connectivity index (χ4n) is 1.83. The minimum Gasteiger partial charge on any atom is -0.398 e. The van der Waals surface area contributed by atoms with Gasteiger partial charge in [-0.1, -0.05) is 29.3 Å². The van der Waals surface area contributed by atoms with Crippen LogP contribution >= 0.6 is 23.2 Å². The second-order valence-electron chi connectivity index (χ2n) is 4.13. The van der Waals surface area contributed by atoms with Gasteiger partial charge in [-0.05, 0) is 46.8 Å². The van der Waals surface area contributed by atoms with Gasteiger partial charge in [0.05, 0.1) is 16.4 Å². The largest absolute Gasteiger partial charge is 0.398 e. The lowest BCUT2D eigenvalue weighted by atomic mass is 10.2. The normalized spacial score (nSPS) is 10.7. The number of benzene rings is 2. The molecule has 0 amide bonds. The summed E-state index contributed by atoms with van der Waals surface area (Å²) in [5.41, 5.74) is 7.83. The maximum Gasteiger partial charge on any atom is 0.187 e. The highest BCUT2D eigenvalue weighted by molar-refractivity contribution is 6.33. The maximum atomic E-state index is 5.99. The summed E-state index contributed by atoms with van der Waals surface area (Å²) in [6.07, 6.45) is 0. The van der Waals surface area contributed by atoms with Gasteiger partial charge in [0, 0.05) is 10.6 Å². The van der Waals surface area contributed by atoms with Crippen LogP contribution in [0.1, 0.15) is 0 Å². The molecule has 0 aliphatic heterocycles. The van der Waals surface area contributed by atoms with Crippen molar-refractivity contribution in [1.82, 2.24) is 20.2 Å². The Morgan fingerprint density at radius 1 is 1.05 bits per heavy atom. The molecule has 0 unspecified atom stereocenters. The SMILES string of the molecule is Nc1cc(-c2nnnn2-c2cccc(Cl)c2)ccc1Cl. The highest BCUT2D eigenvalue weighted by atomic mass is 35.5. The molecule has 0 saturated heterocycles. The van der Waals surface area contributed by atoms with E-state index in [4.69, 9.17) is 28.9 Å². The van der Waals surface area contributed by atoms with Crippen molar-refractivity contribution in [3.05, 3.63) is 52.5 Å². The van der Waals surface area contributed by atoms with Crippen molar-refractivity contribution in [3.8, 4) is 17.1 Å². The first kappa shape index (κ1) is 12.9. The molecule has 0 bridgehead atoms. The summed E-state index contributed by atoms with van der Waals surface area (Å²) in [6, 6.07) is 12.5. The average Bonchev–Trinajstić information content (AvgIpc) is 2.91. The van der Waals surface area contributed by atoms with Gasteiger partial charge >= 0.3 is 0 Å². The molecule has 1 heterocycles. The zero-order valence-corrected chi connectivity index (χ0v) is 11.7. The average molecular weight is 306 g/mol. The van der Waals surface area contributed by atoms with Crippen molar-refractivity contribution in [2.24, 2.45) is 0 Å². The molecule has 0 aliphatic rings. The van der Waals surface area contributed by atoms with E-state index in [9.17, 15) is 0 Å². The molecule has 100 valence electrons. The molecule has 0 saturated carbocycles. The van der Waals surface area contributed by atoms with Crippen LogP contribution in [-0.4, -0.2) is 20.2 Å². The molecule has 2 aromatic carbocycles. The van der Waals surface area contributed by atoms with Gasteiger partial charge in [0.15, 0.2) is 5.82 Å². The predicted molar refractivity (Wildman–Crippen MR) is 79.0 cm³/mol. The third kappa shape index (κ3) is 2.33. The molecule has 0 aliphatic carbocycles. The lowest BCUT2D eigenvalue weighted by Crippen LogP contribution is -2.00. The molecule has 3 aromatic rings. The fraction of sp³-hybridized carbons (Fsp3) is 0. The zero-order chi connectivity index (χ0) is 14.1. The standard InChI is InChI=1S/C13H9Cl2N5/c14-9-2-1-3-10(7-9)20-13(17-18-19-20)8-4-5-11(15)12(16)6-8/h1-7H,16H2. The van der Waals surface area contributed by atoms with E-state index in [1.54, 1.807) is 28.9 Å². The number of nitrogen functional groups attached to an aromatic ring is 1. The first-order chi connectivity index (χ1) is 9.65. The van der Waals surface area contributed by atoms with Crippen molar-refractivity contribution < 1.29 is 0 Å². The number of nitrogens with two attached hydrogens (primary N) is 1. The highest BCUT2D eigenvalue weighted by Crippen LogP contribution is 2.26. The number of halogens is 2. The summed E-state index contributed by atoms with van der Waals surface area (Å²) >= 11 is 11.9. The first-order valence-electron chi connectivity index (χ1n) is 5.75. The molecule has 2 N–H and O–H groups in total. The van der Waals surface area contributed by atoms with Gasteiger partial charge < -0.3 is 5.73 Å². The molecule has 0 atom stereocenters. The van der Waals surface area contributed by atoms with Gasteiger partial charge in [0.1, 0.15) is 0 Å². The van der Waals surface area contributed by atoms with Crippen molar-refractivity contribution >= 4 is 28.9 Å². The van der Waals surface area contributed by atoms with Crippen molar-refractivity contribution in [3.63, 3.8) is 0 Å². The number of tetrazole rings is 1. The Kier molecular flexibility index (Phi) is 3.30. The quantitative estimate of drug-likeness (QED) is 0.738. The third-order valence-electron chi connectivity index (χ3n) is 2.78. The zero-order valence-electron chi connectivity index (χ0n) is 10.2. The lowest BCUT2D eigenvalue weighted by Gasteiger charge is -2.06. The summed E-state index contributed by atoms with van der Waals surface area (Å²) in [4.78, 5) is 0. The van der Waals surface area contributed by atoms with Gasteiger partial charge in [-0.25, -0.2) is 0 Å². The Labute approximate surface area is 124 Å². The van der Waals surface area contributed by atoms with E-state index in [1.807, 2.05) is 18.2 Å². The van der Waals surface area contributed by atoms with Crippen molar-refractivity contribution in [1.29, 1.82) is 0 Å². The molecule has 0 spiro atoms. The Bertz CT molecular complexity index is 769. The van der Waals surface area contributed by atoms with E-state index in [-0.39, 0.29) is 0 Å². The number of nitrogens with zero attached hydrogens (tertiary/aromatic N) is 4. The van der Waals surface area contributed by atoms with Crippen molar-refractivity contribution in [2.45, 2.75) is 0 Å². The van der Waals surface area contributed by atoms with E-state index in [1.165, 1.54) is 0 Å². The van der Waals surface area contributed by atoms with E-state index >= 15 is 0 Å². The number of hydrogen-bond acceptors (Lipinski definition) is 4. The predicted octanol–water partition coefficient (Wildman–Crippen LogP) is 3.22. The van der Waals surface area contributed by atoms with Gasteiger partial charge in [0.25, 0.3) is 0 Å². The van der Waals surface area contributed by atoms with Crippen LogP contribution in [-0.2, 0) is 0 Å². The van der Waals surface area contributed by atoms with Crippen LogP contribution in [0.25, 0.3) is 17.1 Å². The summed E-state index contributed by atoms with van der Waals surface area (Å²) in [5.74, 6) is 0.565. The minimum atomic E-state index is 0.477. The Balaban J connectivity index is 2.12. The monoisotopic (exact) mass is 305 g/mol. The minimum absolute atomic E-state index is 0.477. The summed E-state index contributed by atoms with van der Waals surface area (Å²) in [7, 11) is 0. The molecule has 0 radical (unpaired) electrons. The molecule has 5 nitrogen and oxygen atoms in total. The van der Waals surface area contributed by atoms with Gasteiger partial charge in [-0.3, -0.25) is 0 Å². The Hall–Kier alpha value is -2.11. The van der Waals surface area contributed by atoms with E-state index in [2.05, 4.69) is 15.5 Å². The van der Waals surface area contributed by atoms with E-state index < -0.39 is 0 Å². The molecule has 0 fully saturated rings. The number of aromatic nitrogens is 4. The molecule has 7 heteroatoms. The van der Waals surface area contributed by atoms with Crippen LogP contribution in [0.3, 0.4) is 0 Å². The lowest BCUT2D eigenvalue weighted by molar-refractivity contribution is 0.791. The van der Waals surface area contributed by atoms with Crippen LogP contribution < -0.4 is 5.73 Å².